The molecule has 1 heterocycles. The number of halogens is 2. The van der Waals surface area contributed by atoms with Crippen molar-refractivity contribution in [3.63, 3.8) is 0 Å². The van der Waals surface area contributed by atoms with Gasteiger partial charge in [-0.1, -0.05) is 30.1 Å². The standard InChI is InChI=1S/C9H12Cl2N2O/c1-2-12-3-4-14-9-8(11)5-7(10)6-13-9/h5-6,12H,2-4H2,1H3. The normalized spacial score (nSPS) is 10.2. The zero-order valence-electron chi connectivity index (χ0n) is 7.89. The smallest absolute Gasteiger partial charge is 0.232 e. The molecule has 0 fully saturated rings. The fourth-order valence-electron chi connectivity index (χ4n) is 0.905. The molecule has 5 heteroatoms. The third-order valence-corrected chi connectivity index (χ3v) is 2.02. The zero-order valence-corrected chi connectivity index (χ0v) is 9.40. The maximum Gasteiger partial charge on any atom is 0.232 e. The second-order valence-corrected chi connectivity index (χ2v) is 3.49. The van der Waals surface area contributed by atoms with Crippen LogP contribution in [0.3, 0.4) is 0 Å². The molecular formula is C9H12Cl2N2O. The quantitative estimate of drug-likeness (QED) is 0.795. The van der Waals surface area contributed by atoms with E-state index in [1.165, 1.54) is 6.20 Å². The van der Waals surface area contributed by atoms with Gasteiger partial charge in [0, 0.05) is 12.7 Å². The van der Waals surface area contributed by atoms with Crippen LogP contribution in [-0.4, -0.2) is 24.7 Å². The third kappa shape index (κ3) is 3.70. The lowest BCUT2D eigenvalue weighted by atomic mass is 10.5. The molecule has 0 aromatic carbocycles. The van der Waals surface area contributed by atoms with Gasteiger partial charge in [-0.3, -0.25) is 0 Å². The van der Waals surface area contributed by atoms with Crippen LogP contribution in [0.4, 0.5) is 0 Å². The maximum atomic E-state index is 5.85. The second-order valence-electron chi connectivity index (χ2n) is 2.64. The Labute approximate surface area is 93.4 Å². The molecule has 0 bridgehead atoms. The van der Waals surface area contributed by atoms with Crippen molar-refractivity contribution in [2.24, 2.45) is 0 Å². The lowest BCUT2D eigenvalue weighted by molar-refractivity contribution is 0.304. The van der Waals surface area contributed by atoms with Gasteiger partial charge in [0.1, 0.15) is 11.6 Å². The van der Waals surface area contributed by atoms with Crippen LogP contribution in [0.1, 0.15) is 6.92 Å². The van der Waals surface area contributed by atoms with Crippen LogP contribution in [0, 0.1) is 0 Å². The molecule has 78 valence electrons. The summed E-state index contributed by atoms with van der Waals surface area (Å²) in [6.07, 6.45) is 1.51. The average Bonchev–Trinajstić information content (AvgIpc) is 2.15. The summed E-state index contributed by atoms with van der Waals surface area (Å²) in [7, 11) is 0. The number of aromatic nitrogens is 1. The van der Waals surface area contributed by atoms with Crippen molar-refractivity contribution >= 4 is 23.2 Å². The number of ether oxygens (including phenoxy) is 1. The van der Waals surface area contributed by atoms with Gasteiger partial charge in [0.25, 0.3) is 0 Å². The van der Waals surface area contributed by atoms with Crippen molar-refractivity contribution < 1.29 is 4.74 Å². The molecule has 0 aliphatic rings. The molecular weight excluding hydrogens is 223 g/mol. The van der Waals surface area contributed by atoms with Crippen molar-refractivity contribution in [2.45, 2.75) is 6.92 Å². The summed E-state index contributed by atoms with van der Waals surface area (Å²) in [5, 5.41) is 4.07. The molecule has 0 unspecified atom stereocenters. The topological polar surface area (TPSA) is 34.1 Å². The Morgan fingerprint density at radius 3 is 2.93 bits per heavy atom. The minimum absolute atomic E-state index is 0.425. The van der Waals surface area contributed by atoms with E-state index in [0.29, 0.717) is 22.5 Å². The first-order valence-electron chi connectivity index (χ1n) is 4.38. The molecule has 0 spiro atoms. The SMILES string of the molecule is CCNCCOc1ncc(Cl)cc1Cl. The summed E-state index contributed by atoms with van der Waals surface area (Å²) >= 11 is 11.5. The van der Waals surface area contributed by atoms with E-state index in [1.54, 1.807) is 6.07 Å². The Bertz CT molecular complexity index is 294. The largest absolute Gasteiger partial charge is 0.475 e. The Balaban J connectivity index is 2.42. The second kappa shape index (κ2) is 6.06. The summed E-state index contributed by atoms with van der Waals surface area (Å²) in [4.78, 5) is 3.96. The van der Waals surface area contributed by atoms with Crippen molar-refractivity contribution in [2.75, 3.05) is 19.7 Å². The number of nitrogens with zero attached hydrogens (tertiary/aromatic N) is 1. The highest BCUT2D eigenvalue weighted by molar-refractivity contribution is 6.35. The Morgan fingerprint density at radius 2 is 2.29 bits per heavy atom. The molecule has 14 heavy (non-hydrogen) atoms. The monoisotopic (exact) mass is 234 g/mol. The molecule has 1 aromatic rings. The minimum Gasteiger partial charge on any atom is -0.475 e. The molecule has 0 radical (unpaired) electrons. The predicted octanol–water partition coefficient (Wildman–Crippen LogP) is 2.38. The van der Waals surface area contributed by atoms with Crippen molar-refractivity contribution in [3.8, 4) is 5.88 Å². The lowest BCUT2D eigenvalue weighted by Gasteiger charge is -2.06. The summed E-state index contributed by atoms with van der Waals surface area (Å²) in [5.74, 6) is 0.425. The molecule has 1 rings (SSSR count). The molecule has 1 aromatic heterocycles. The molecule has 0 aliphatic heterocycles. The Hall–Kier alpha value is -0.510. The predicted molar refractivity (Wildman–Crippen MR) is 58.3 cm³/mol. The van der Waals surface area contributed by atoms with Crippen LogP contribution in [0.5, 0.6) is 5.88 Å². The van der Waals surface area contributed by atoms with E-state index < -0.39 is 0 Å². The van der Waals surface area contributed by atoms with Crippen LogP contribution < -0.4 is 10.1 Å². The van der Waals surface area contributed by atoms with Crippen LogP contribution in [-0.2, 0) is 0 Å². The first kappa shape index (κ1) is 11.6. The van der Waals surface area contributed by atoms with Gasteiger partial charge in [-0.2, -0.15) is 0 Å². The first-order valence-corrected chi connectivity index (χ1v) is 5.14. The molecule has 1 N–H and O–H groups in total. The summed E-state index contributed by atoms with van der Waals surface area (Å²) in [5.41, 5.74) is 0. The third-order valence-electron chi connectivity index (χ3n) is 1.54. The van der Waals surface area contributed by atoms with Gasteiger partial charge in [0.15, 0.2) is 0 Å². The molecule has 0 atom stereocenters. The maximum absolute atomic E-state index is 5.85. The zero-order chi connectivity index (χ0) is 10.4. The first-order chi connectivity index (χ1) is 6.74. The fraction of sp³-hybridized carbons (Fsp3) is 0.444. The van der Waals surface area contributed by atoms with Gasteiger partial charge >= 0.3 is 0 Å². The molecule has 0 saturated carbocycles. The molecule has 0 saturated heterocycles. The summed E-state index contributed by atoms with van der Waals surface area (Å²) in [6, 6.07) is 1.61. The Morgan fingerprint density at radius 1 is 1.50 bits per heavy atom. The highest BCUT2D eigenvalue weighted by Gasteiger charge is 2.02. The van der Waals surface area contributed by atoms with Crippen LogP contribution >= 0.6 is 23.2 Å². The average molecular weight is 235 g/mol. The van der Waals surface area contributed by atoms with E-state index in [2.05, 4.69) is 10.3 Å². The minimum atomic E-state index is 0.425. The number of rotatable bonds is 5. The fourth-order valence-corrected chi connectivity index (χ4v) is 1.34. The molecule has 0 aliphatic carbocycles. The molecule has 0 amide bonds. The van der Waals surface area contributed by atoms with Gasteiger partial charge in [-0.15, -0.1) is 0 Å². The number of nitrogens with one attached hydrogen (secondary N) is 1. The number of hydrogen-bond donors (Lipinski definition) is 1. The highest BCUT2D eigenvalue weighted by atomic mass is 35.5. The van der Waals surface area contributed by atoms with Crippen LogP contribution in [0.2, 0.25) is 10.0 Å². The number of pyridine rings is 1. The van der Waals surface area contributed by atoms with Gasteiger partial charge in [0.05, 0.1) is 5.02 Å². The summed E-state index contributed by atoms with van der Waals surface area (Å²) < 4.78 is 5.33. The van der Waals surface area contributed by atoms with E-state index in [9.17, 15) is 0 Å². The molecule has 3 nitrogen and oxygen atoms in total. The van der Waals surface area contributed by atoms with E-state index in [4.69, 9.17) is 27.9 Å². The summed E-state index contributed by atoms with van der Waals surface area (Å²) in [6.45, 7) is 4.28. The van der Waals surface area contributed by atoms with Crippen molar-refractivity contribution in [3.05, 3.63) is 22.3 Å². The van der Waals surface area contributed by atoms with E-state index in [0.717, 1.165) is 13.1 Å². The van der Waals surface area contributed by atoms with E-state index >= 15 is 0 Å². The van der Waals surface area contributed by atoms with Gasteiger partial charge in [-0.05, 0) is 12.6 Å². The van der Waals surface area contributed by atoms with E-state index in [-0.39, 0.29) is 0 Å². The van der Waals surface area contributed by atoms with E-state index in [1.807, 2.05) is 6.92 Å². The van der Waals surface area contributed by atoms with Crippen LogP contribution in [0.25, 0.3) is 0 Å². The van der Waals surface area contributed by atoms with Gasteiger partial charge < -0.3 is 10.1 Å². The van der Waals surface area contributed by atoms with Crippen LogP contribution in [0.15, 0.2) is 12.3 Å². The number of likely N-dealkylation sites (N-methyl/N-ethyl adjacent to an activating group) is 1. The van der Waals surface area contributed by atoms with Gasteiger partial charge in [0.2, 0.25) is 5.88 Å². The Kier molecular flexibility index (Phi) is 5.01. The highest BCUT2D eigenvalue weighted by Crippen LogP contribution is 2.24. The van der Waals surface area contributed by atoms with Crippen molar-refractivity contribution in [1.29, 1.82) is 0 Å². The number of hydrogen-bond acceptors (Lipinski definition) is 3. The lowest BCUT2D eigenvalue weighted by Crippen LogP contribution is -2.20. The van der Waals surface area contributed by atoms with Gasteiger partial charge in [-0.25, -0.2) is 4.98 Å². The van der Waals surface area contributed by atoms with Crippen molar-refractivity contribution in [1.82, 2.24) is 10.3 Å².